The molecule has 0 spiro atoms. The van der Waals surface area contributed by atoms with E-state index in [0.29, 0.717) is 0 Å². The van der Waals surface area contributed by atoms with Crippen molar-refractivity contribution in [3.8, 4) is 0 Å². The summed E-state index contributed by atoms with van der Waals surface area (Å²) in [5.41, 5.74) is 7.78. The molecule has 68 valence electrons. The summed E-state index contributed by atoms with van der Waals surface area (Å²) < 4.78 is 0. The van der Waals surface area contributed by atoms with E-state index in [0.717, 1.165) is 17.8 Å². The molecular formula is C9H15ClN2. The average molecular weight is 187 g/mol. The van der Waals surface area contributed by atoms with Gasteiger partial charge in [0.15, 0.2) is 0 Å². The van der Waals surface area contributed by atoms with Gasteiger partial charge in [-0.15, -0.1) is 12.4 Å². The van der Waals surface area contributed by atoms with Crippen molar-refractivity contribution in [3.63, 3.8) is 0 Å². The zero-order valence-electron chi connectivity index (χ0n) is 7.45. The molecule has 0 aromatic carbocycles. The van der Waals surface area contributed by atoms with Crippen molar-refractivity contribution in [2.24, 2.45) is 5.73 Å². The smallest absolute Gasteiger partial charge is 0.0422 e. The molecule has 0 fully saturated rings. The minimum Gasteiger partial charge on any atom is -0.328 e. The van der Waals surface area contributed by atoms with Crippen LogP contribution in [0.15, 0.2) is 18.2 Å². The number of nitrogens with zero attached hydrogens (tertiary/aromatic N) is 1. The third-order valence-corrected chi connectivity index (χ3v) is 1.48. The Morgan fingerprint density at radius 1 is 1.50 bits per heavy atom. The van der Waals surface area contributed by atoms with Gasteiger partial charge >= 0.3 is 0 Å². The zero-order valence-corrected chi connectivity index (χ0v) is 8.27. The maximum Gasteiger partial charge on any atom is 0.0422 e. The van der Waals surface area contributed by atoms with Crippen LogP contribution < -0.4 is 5.73 Å². The Morgan fingerprint density at radius 2 is 2.17 bits per heavy atom. The third-order valence-electron chi connectivity index (χ3n) is 1.48. The summed E-state index contributed by atoms with van der Waals surface area (Å²) in [7, 11) is 0. The van der Waals surface area contributed by atoms with Gasteiger partial charge in [-0.1, -0.05) is 6.07 Å². The van der Waals surface area contributed by atoms with Gasteiger partial charge in [-0.25, -0.2) is 0 Å². The molecule has 2 N–H and O–H groups in total. The molecule has 1 atom stereocenters. The number of hydrogen-bond donors (Lipinski definition) is 1. The zero-order chi connectivity index (χ0) is 8.27. The summed E-state index contributed by atoms with van der Waals surface area (Å²) in [5, 5.41) is 0. The summed E-state index contributed by atoms with van der Waals surface area (Å²) in [5.74, 6) is 0. The van der Waals surface area contributed by atoms with Crippen LogP contribution in [0.1, 0.15) is 18.3 Å². The van der Waals surface area contributed by atoms with Gasteiger partial charge in [-0.2, -0.15) is 0 Å². The molecule has 0 saturated carbocycles. The Bertz CT molecular complexity index is 236. The monoisotopic (exact) mass is 186 g/mol. The van der Waals surface area contributed by atoms with Crippen molar-refractivity contribution in [1.82, 2.24) is 4.98 Å². The fourth-order valence-electron chi connectivity index (χ4n) is 1.04. The first-order valence-corrected chi connectivity index (χ1v) is 3.86. The van der Waals surface area contributed by atoms with Gasteiger partial charge in [0.1, 0.15) is 0 Å². The lowest BCUT2D eigenvalue weighted by molar-refractivity contribution is 0.720. The molecule has 3 heteroatoms. The topological polar surface area (TPSA) is 38.9 Å². The van der Waals surface area contributed by atoms with Gasteiger partial charge in [0.05, 0.1) is 0 Å². The first-order valence-electron chi connectivity index (χ1n) is 3.86. The van der Waals surface area contributed by atoms with Crippen LogP contribution >= 0.6 is 12.4 Å². The highest BCUT2D eigenvalue weighted by atomic mass is 35.5. The van der Waals surface area contributed by atoms with E-state index in [-0.39, 0.29) is 18.4 Å². The Morgan fingerprint density at radius 3 is 2.67 bits per heavy atom. The quantitative estimate of drug-likeness (QED) is 0.764. The molecule has 2 nitrogen and oxygen atoms in total. The summed E-state index contributed by atoms with van der Waals surface area (Å²) in [6, 6.07) is 6.21. The van der Waals surface area contributed by atoms with E-state index < -0.39 is 0 Å². The SMILES string of the molecule is Cc1cccc(CC(C)N)n1.Cl. The largest absolute Gasteiger partial charge is 0.328 e. The molecule has 0 bridgehead atoms. The van der Waals surface area contributed by atoms with Crippen molar-refractivity contribution in [3.05, 3.63) is 29.6 Å². The molecule has 0 aliphatic carbocycles. The van der Waals surface area contributed by atoms with Crippen LogP contribution in [0.3, 0.4) is 0 Å². The minimum atomic E-state index is 0. The van der Waals surface area contributed by atoms with E-state index in [9.17, 15) is 0 Å². The number of rotatable bonds is 2. The molecule has 0 aliphatic rings. The highest BCUT2D eigenvalue weighted by molar-refractivity contribution is 5.85. The molecule has 0 aliphatic heterocycles. The van der Waals surface area contributed by atoms with Crippen molar-refractivity contribution in [2.45, 2.75) is 26.3 Å². The normalized spacial score (nSPS) is 11.9. The second-order valence-corrected chi connectivity index (χ2v) is 2.95. The molecule has 1 aromatic rings. The van der Waals surface area contributed by atoms with Crippen molar-refractivity contribution >= 4 is 12.4 Å². The highest BCUT2D eigenvalue weighted by Gasteiger charge is 1.97. The lowest BCUT2D eigenvalue weighted by atomic mass is 10.2. The van der Waals surface area contributed by atoms with Crippen LogP contribution in [0.25, 0.3) is 0 Å². The second kappa shape index (κ2) is 5.12. The van der Waals surface area contributed by atoms with E-state index in [4.69, 9.17) is 5.73 Å². The second-order valence-electron chi connectivity index (χ2n) is 2.95. The summed E-state index contributed by atoms with van der Waals surface area (Å²) >= 11 is 0. The van der Waals surface area contributed by atoms with Gasteiger partial charge in [0.2, 0.25) is 0 Å². The van der Waals surface area contributed by atoms with Gasteiger partial charge in [-0.05, 0) is 26.0 Å². The molecular weight excluding hydrogens is 172 g/mol. The first kappa shape index (κ1) is 11.4. The van der Waals surface area contributed by atoms with Gasteiger partial charge in [0, 0.05) is 23.9 Å². The first-order chi connectivity index (χ1) is 5.18. The molecule has 0 saturated heterocycles. The van der Waals surface area contributed by atoms with Crippen LogP contribution in [0.2, 0.25) is 0 Å². The number of aryl methyl sites for hydroxylation is 1. The minimum absolute atomic E-state index is 0. The highest BCUT2D eigenvalue weighted by Crippen LogP contribution is 2.00. The van der Waals surface area contributed by atoms with Gasteiger partial charge < -0.3 is 5.73 Å². The van der Waals surface area contributed by atoms with E-state index in [1.54, 1.807) is 0 Å². The molecule has 12 heavy (non-hydrogen) atoms. The molecule has 0 radical (unpaired) electrons. The van der Waals surface area contributed by atoms with E-state index >= 15 is 0 Å². The fourth-order valence-corrected chi connectivity index (χ4v) is 1.04. The standard InChI is InChI=1S/C9H14N2.ClH/c1-7(10)6-9-5-3-4-8(2)11-9;/h3-5,7H,6,10H2,1-2H3;1H. The van der Waals surface area contributed by atoms with E-state index in [1.807, 2.05) is 32.0 Å². The lowest BCUT2D eigenvalue weighted by Crippen LogP contribution is -2.18. The number of nitrogens with two attached hydrogens (primary N) is 1. The van der Waals surface area contributed by atoms with E-state index in [1.165, 1.54) is 0 Å². The predicted molar refractivity (Wildman–Crippen MR) is 53.6 cm³/mol. The van der Waals surface area contributed by atoms with Crippen LogP contribution in [-0.4, -0.2) is 11.0 Å². The van der Waals surface area contributed by atoms with Crippen LogP contribution in [0.4, 0.5) is 0 Å². The Hall–Kier alpha value is -0.600. The molecule has 1 aromatic heterocycles. The number of hydrogen-bond acceptors (Lipinski definition) is 2. The van der Waals surface area contributed by atoms with E-state index in [2.05, 4.69) is 4.98 Å². The third kappa shape index (κ3) is 3.69. The van der Waals surface area contributed by atoms with Crippen molar-refractivity contribution < 1.29 is 0 Å². The average Bonchev–Trinajstić information content (AvgIpc) is 1.85. The van der Waals surface area contributed by atoms with Crippen LogP contribution in [0.5, 0.6) is 0 Å². The van der Waals surface area contributed by atoms with Crippen molar-refractivity contribution in [2.75, 3.05) is 0 Å². The summed E-state index contributed by atoms with van der Waals surface area (Å²) in [4.78, 5) is 4.33. The maximum atomic E-state index is 5.63. The molecule has 1 rings (SSSR count). The number of aromatic nitrogens is 1. The Labute approximate surface area is 79.6 Å². The lowest BCUT2D eigenvalue weighted by Gasteiger charge is -2.03. The van der Waals surface area contributed by atoms with Gasteiger partial charge in [0.25, 0.3) is 0 Å². The molecule has 0 amide bonds. The molecule has 1 heterocycles. The predicted octanol–water partition coefficient (Wildman–Crippen LogP) is 1.70. The Kier molecular flexibility index (Phi) is 4.86. The van der Waals surface area contributed by atoms with Crippen LogP contribution in [0, 0.1) is 6.92 Å². The number of pyridine rings is 1. The number of halogens is 1. The fraction of sp³-hybridized carbons (Fsp3) is 0.444. The van der Waals surface area contributed by atoms with Gasteiger partial charge in [-0.3, -0.25) is 4.98 Å². The summed E-state index contributed by atoms with van der Waals surface area (Å²) in [6.45, 7) is 3.98. The Balaban J connectivity index is 0.00000121. The molecule has 1 unspecified atom stereocenters. The maximum absolute atomic E-state index is 5.63. The van der Waals surface area contributed by atoms with Crippen molar-refractivity contribution in [1.29, 1.82) is 0 Å². The summed E-state index contributed by atoms with van der Waals surface area (Å²) in [6.07, 6.45) is 0.863. The van der Waals surface area contributed by atoms with Crippen LogP contribution in [-0.2, 0) is 6.42 Å².